The van der Waals surface area contributed by atoms with Crippen LogP contribution < -0.4 is 10.6 Å². The van der Waals surface area contributed by atoms with Crippen molar-refractivity contribution >= 4 is 11.8 Å². The fraction of sp³-hybridized carbons (Fsp3) is 0.278. The minimum atomic E-state index is 0.0676. The predicted octanol–water partition coefficient (Wildman–Crippen LogP) is 5.60. The maximum atomic E-state index is 12.0. The van der Waals surface area contributed by atoms with Gasteiger partial charge in [0.15, 0.2) is 0 Å². The molecule has 4 aromatic carbocycles. The third-order valence-electron chi connectivity index (χ3n) is 7.44. The molecule has 2 heterocycles. The van der Waals surface area contributed by atoms with Crippen LogP contribution in [-0.2, 0) is 31.9 Å². The number of benzene rings is 4. The molecule has 2 atom stereocenters. The van der Waals surface area contributed by atoms with Crippen molar-refractivity contribution in [2.45, 2.75) is 37.8 Å². The average Bonchev–Trinajstić information content (AvgIpc) is 3.74. The van der Waals surface area contributed by atoms with Gasteiger partial charge in [-0.1, -0.05) is 109 Å². The molecule has 216 valence electrons. The Labute approximate surface area is 248 Å². The van der Waals surface area contributed by atoms with Crippen molar-refractivity contribution in [1.82, 2.24) is 10.6 Å². The van der Waals surface area contributed by atoms with Gasteiger partial charge in [0.2, 0.25) is 11.8 Å². The molecule has 2 N–H and O–H groups in total. The summed E-state index contributed by atoms with van der Waals surface area (Å²) in [6.45, 7) is 2.77. The SMILES string of the molecule is O=C(Cc1ccc(-c2ccccc2)cc1)N[C@@H]1CCOC1.O=C(Cc1ccc(-c2ccccc2)cc1)N[C@H]1CCOC1. The van der Waals surface area contributed by atoms with E-state index in [2.05, 4.69) is 59.2 Å². The number of ether oxygens (including phenoxy) is 2. The van der Waals surface area contributed by atoms with Crippen LogP contribution in [0.15, 0.2) is 109 Å². The highest BCUT2D eigenvalue weighted by molar-refractivity contribution is 5.80. The van der Waals surface area contributed by atoms with E-state index in [0.717, 1.165) is 37.2 Å². The number of carbonyl (C=O) groups is 2. The maximum Gasteiger partial charge on any atom is 0.224 e. The normalized spacial score (nSPS) is 17.6. The number of amides is 2. The van der Waals surface area contributed by atoms with Crippen molar-refractivity contribution in [2.24, 2.45) is 0 Å². The van der Waals surface area contributed by atoms with Crippen molar-refractivity contribution in [3.8, 4) is 22.3 Å². The molecule has 2 saturated heterocycles. The molecular weight excluding hydrogens is 524 g/mol. The molecule has 0 spiro atoms. The highest BCUT2D eigenvalue weighted by Gasteiger charge is 2.18. The Morgan fingerprint density at radius 1 is 0.524 bits per heavy atom. The monoisotopic (exact) mass is 562 g/mol. The summed E-state index contributed by atoms with van der Waals surface area (Å²) in [6.07, 6.45) is 2.68. The van der Waals surface area contributed by atoms with E-state index < -0.39 is 0 Å². The third-order valence-corrected chi connectivity index (χ3v) is 7.44. The van der Waals surface area contributed by atoms with Crippen LogP contribution in [0.25, 0.3) is 22.3 Å². The maximum absolute atomic E-state index is 12.0. The van der Waals surface area contributed by atoms with Gasteiger partial charge in [0, 0.05) is 13.2 Å². The van der Waals surface area contributed by atoms with Gasteiger partial charge in [-0.25, -0.2) is 0 Å². The zero-order chi connectivity index (χ0) is 29.0. The Morgan fingerprint density at radius 3 is 1.21 bits per heavy atom. The van der Waals surface area contributed by atoms with E-state index in [9.17, 15) is 9.59 Å². The molecule has 4 aromatic rings. The van der Waals surface area contributed by atoms with Crippen molar-refractivity contribution in [3.05, 3.63) is 120 Å². The molecule has 2 fully saturated rings. The van der Waals surface area contributed by atoms with Crippen molar-refractivity contribution in [3.63, 3.8) is 0 Å². The van der Waals surface area contributed by atoms with Gasteiger partial charge < -0.3 is 20.1 Å². The standard InChI is InChI=1S/2C18H19NO2/c2*20-18(19-17-10-11-21-13-17)12-14-6-8-16(9-7-14)15-4-2-1-3-5-15/h2*1-9,17H,10-13H2,(H,19,20)/t2*17-/m10/s1. The Kier molecular flexibility index (Phi) is 10.5. The lowest BCUT2D eigenvalue weighted by Gasteiger charge is -2.10. The first kappa shape index (κ1) is 29.2. The van der Waals surface area contributed by atoms with Crippen LogP contribution in [0.1, 0.15) is 24.0 Å². The zero-order valence-corrected chi connectivity index (χ0v) is 23.8. The van der Waals surface area contributed by atoms with Crippen LogP contribution in [0.2, 0.25) is 0 Å². The zero-order valence-electron chi connectivity index (χ0n) is 23.8. The lowest BCUT2D eigenvalue weighted by molar-refractivity contribution is -0.122. The molecule has 2 amide bonds. The Hall–Kier alpha value is -4.26. The summed E-state index contributed by atoms with van der Waals surface area (Å²) in [6, 6.07) is 37.2. The van der Waals surface area contributed by atoms with Crippen molar-refractivity contribution in [2.75, 3.05) is 26.4 Å². The number of carbonyl (C=O) groups excluding carboxylic acids is 2. The van der Waals surface area contributed by atoms with E-state index in [4.69, 9.17) is 9.47 Å². The molecule has 6 nitrogen and oxygen atoms in total. The Bertz CT molecular complexity index is 1280. The summed E-state index contributed by atoms with van der Waals surface area (Å²) >= 11 is 0. The molecule has 6 rings (SSSR count). The topological polar surface area (TPSA) is 76.7 Å². The van der Waals surface area contributed by atoms with E-state index in [1.807, 2.05) is 60.7 Å². The summed E-state index contributed by atoms with van der Waals surface area (Å²) in [4.78, 5) is 23.9. The van der Waals surface area contributed by atoms with Crippen molar-refractivity contribution < 1.29 is 19.1 Å². The lowest BCUT2D eigenvalue weighted by Crippen LogP contribution is -2.36. The Morgan fingerprint density at radius 2 is 0.881 bits per heavy atom. The molecule has 0 radical (unpaired) electrons. The highest BCUT2D eigenvalue weighted by Crippen LogP contribution is 2.20. The van der Waals surface area contributed by atoms with E-state index in [0.29, 0.717) is 26.1 Å². The second-order valence-corrected chi connectivity index (χ2v) is 10.7. The van der Waals surface area contributed by atoms with E-state index in [1.165, 1.54) is 22.3 Å². The van der Waals surface area contributed by atoms with Gasteiger partial charge in [0.05, 0.1) is 38.1 Å². The molecule has 2 aliphatic heterocycles. The van der Waals surface area contributed by atoms with E-state index in [-0.39, 0.29) is 23.9 Å². The van der Waals surface area contributed by atoms with Gasteiger partial charge in [-0.3, -0.25) is 9.59 Å². The van der Waals surface area contributed by atoms with Gasteiger partial charge >= 0.3 is 0 Å². The van der Waals surface area contributed by atoms with Crippen LogP contribution in [0, 0.1) is 0 Å². The smallest absolute Gasteiger partial charge is 0.224 e. The van der Waals surface area contributed by atoms with Gasteiger partial charge in [-0.15, -0.1) is 0 Å². The summed E-state index contributed by atoms with van der Waals surface area (Å²) in [5.41, 5.74) is 6.79. The molecule has 6 heteroatoms. The lowest BCUT2D eigenvalue weighted by atomic mass is 10.0. The Balaban J connectivity index is 0.000000168. The molecule has 2 aliphatic rings. The largest absolute Gasteiger partial charge is 0.379 e. The quantitative estimate of drug-likeness (QED) is 0.293. The first-order chi connectivity index (χ1) is 20.6. The molecule has 0 saturated carbocycles. The van der Waals surface area contributed by atoms with E-state index in [1.54, 1.807) is 0 Å². The number of hydrogen-bond donors (Lipinski definition) is 2. The van der Waals surface area contributed by atoms with Crippen LogP contribution in [0.5, 0.6) is 0 Å². The summed E-state index contributed by atoms with van der Waals surface area (Å²) < 4.78 is 10.5. The van der Waals surface area contributed by atoms with Crippen LogP contribution in [0.3, 0.4) is 0 Å². The number of hydrogen-bond acceptors (Lipinski definition) is 4. The number of nitrogens with one attached hydrogen (secondary N) is 2. The van der Waals surface area contributed by atoms with Gasteiger partial charge in [-0.2, -0.15) is 0 Å². The van der Waals surface area contributed by atoms with Gasteiger partial charge in [0.1, 0.15) is 0 Å². The minimum absolute atomic E-state index is 0.0676. The van der Waals surface area contributed by atoms with Gasteiger partial charge in [-0.05, 0) is 46.2 Å². The molecule has 0 unspecified atom stereocenters. The average molecular weight is 563 g/mol. The fourth-order valence-electron chi connectivity index (χ4n) is 5.12. The minimum Gasteiger partial charge on any atom is -0.379 e. The predicted molar refractivity (Wildman–Crippen MR) is 166 cm³/mol. The fourth-order valence-corrected chi connectivity index (χ4v) is 5.12. The second kappa shape index (κ2) is 15.1. The van der Waals surface area contributed by atoms with Crippen molar-refractivity contribution in [1.29, 1.82) is 0 Å². The van der Waals surface area contributed by atoms with Crippen LogP contribution in [-0.4, -0.2) is 50.3 Å². The summed E-state index contributed by atoms with van der Waals surface area (Å²) in [5.74, 6) is 0.135. The molecule has 0 bridgehead atoms. The highest BCUT2D eigenvalue weighted by atomic mass is 16.5. The molecular formula is C36H38N2O4. The second-order valence-electron chi connectivity index (χ2n) is 10.7. The first-order valence-corrected chi connectivity index (χ1v) is 14.7. The van der Waals surface area contributed by atoms with Crippen LogP contribution >= 0.6 is 0 Å². The molecule has 0 aliphatic carbocycles. The van der Waals surface area contributed by atoms with E-state index >= 15 is 0 Å². The molecule has 42 heavy (non-hydrogen) atoms. The van der Waals surface area contributed by atoms with Gasteiger partial charge in [0.25, 0.3) is 0 Å². The third kappa shape index (κ3) is 8.87. The number of rotatable bonds is 8. The summed E-state index contributed by atoms with van der Waals surface area (Å²) in [7, 11) is 0. The van der Waals surface area contributed by atoms with Crippen LogP contribution in [0.4, 0.5) is 0 Å². The summed E-state index contributed by atoms with van der Waals surface area (Å²) in [5, 5.41) is 6.02. The molecule has 0 aromatic heterocycles. The first-order valence-electron chi connectivity index (χ1n) is 14.7.